The van der Waals surface area contributed by atoms with E-state index in [2.05, 4.69) is 10.6 Å². The summed E-state index contributed by atoms with van der Waals surface area (Å²) in [5.74, 6) is -1.22. The highest BCUT2D eigenvalue weighted by atomic mass is 19.1. The summed E-state index contributed by atoms with van der Waals surface area (Å²) in [7, 11) is 1.46. The van der Waals surface area contributed by atoms with E-state index < -0.39 is 47.9 Å². The molecular weight excluding hydrogens is 520 g/mol. The Labute approximate surface area is 233 Å². The van der Waals surface area contributed by atoms with E-state index in [1.807, 2.05) is 30.3 Å². The first-order valence-electron chi connectivity index (χ1n) is 13.6. The summed E-state index contributed by atoms with van der Waals surface area (Å²) in [4.78, 5) is 39.7. The number of carbonyl (C=O) groups excluding carboxylic acids is 3. The zero-order valence-corrected chi connectivity index (χ0v) is 23.4. The van der Waals surface area contributed by atoms with Crippen molar-refractivity contribution in [3.05, 3.63) is 64.7 Å². The second-order valence-electron chi connectivity index (χ2n) is 11.4. The molecule has 2 N–H and O–H groups in total. The minimum atomic E-state index is -1.67. The normalized spacial score (nSPS) is 22.2. The number of carbonyl (C=O) groups is 3. The van der Waals surface area contributed by atoms with Crippen molar-refractivity contribution in [3.8, 4) is 5.75 Å². The van der Waals surface area contributed by atoms with Gasteiger partial charge in [-0.15, -0.1) is 0 Å². The van der Waals surface area contributed by atoms with Gasteiger partial charge in [-0.2, -0.15) is 0 Å². The lowest BCUT2D eigenvalue weighted by Crippen LogP contribution is -2.50. The van der Waals surface area contributed by atoms with Crippen LogP contribution in [0.2, 0.25) is 0 Å². The zero-order valence-electron chi connectivity index (χ0n) is 23.4. The van der Waals surface area contributed by atoms with Gasteiger partial charge in [-0.25, -0.2) is 13.6 Å². The highest BCUT2D eigenvalue weighted by Gasteiger charge is 2.40. The van der Waals surface area contributed by atoms with Crippen molar-refractivity contribution in [2.45, 2.75) is 63.3 Å². The Morgan fingerprint density at radius 1 is 1.15 bits per heavy atom. The fourth-order valence-electron chi connectivity index (χ4n) is 5.32. The zero-order chi connectivity index (χ0) is 29.1. The van der Waals surface area contributed by atoms with Crippen molar-refractivity contribution in [2.75, 3.05) is 33.4 Å². The van der Waals surface area contributed by atoms with E-state index in [9.17, 15) is 18.8 Å². The topological polar surface area (TPSA) is 97.0 Å². The largest absolute Gasteiger partial charge is 0.486 e. The van der Waals surface area contributed by atoms with Crippen molar-refractivity contribution in [2.24, 2.45) is 0 Å². The number of halogens is 2. The molecule has 0 spiro atoms. The van der Waals surface area contributed by atoms with Crippen molar-refractivity contribution in [3.63, 3.8) is 0 Å². The van der Waals surface area contributed by atoms with Gasteiger partial charge in [0.15, 0.2) is 0 Å². The van der Waals surface area contributed by atoms with Gasteiger partial charge in [0.1, 0.15) is 29.8 Å². The van der Waals surface area contributed by atoms with E-state index >= 15 is 4.39 Å². The molecule has 2 aromatic carbocycles. The average Bonchev–Trinajstić information content (AvgIpc) is 3.30. The van der Waals surface area contributed by atoms with Crippen molar-refractivity contribution in [1.29, 1.82) is 0 Å². The van der Waals surface area contributed by atoms with E-state index in [-0.39, 0.29) is 42.8 Å². The molecule has 8 nitrogen and oxygen atoms in total. The maximum absolute atomic E-state index is 15.7. The number of amides is 3. The molecular formula is C30H37F2N3O5. The molecule has 3 amide bonds. The molecule has 0 radical (unpaired) electrons. The van der Waals surface area contributed by atoms with E-state index in [1.54, 1.807) is 26.8 Å². The van der Waals surface area contributed by atoms with Crippen LogP contribution in [0.3, 0.4) is 0 Å². The Balaban J connectivity index is 1.50. The number of fused-ring (bicyclic) bond motifs is 1. The Kier molecular flexibility index (Phi) is 8.65. The van der Waals surface area contributed by atoms with Gasteiger partial charge < -0.3 is 25.0 Å². The summed E-state index contributed by atoms with van der Waals surface area (Å²) in [6.07, 6.45) is -0.640. The lowest BCUT2D eigenvalue weighted by molar-refractivity contribution is -0.00740. The minimum Gasteiger partial charge on any atom is -0.486 e. The number of piperidine rings is 1. The van der Waals surface area contributed by atoms with Gasteiger partial charge in [-0.05, 0) is 51.3 Å². The monoisotopic (exact) mass is 557 g/mol. The highest BCUT2D eigenvalue weighted by Crippen LogP contribution is 2.45. The van der Waals surface area contributed by atoms with Crippen LogP contribution in [0.4, 0.5) is 13.6 Å². The molecule has 1 fully saturated rings. The van der Waals surface area contributed by atoms with Crippen LogP contribution in [0.5, 0.6) is 5.75 Å². The van der Waals surface area contributed by atoms with Gasteiger partial charge in [-0.1, -0.05) is 30.3 Å². The fraction of sp³-hybridized carbons (Fsp3) is 0.500. The van der Waals surface area contributed by atoms with Crippen LogP contribution < -0.4 is 15.4 Å². The molecule has 2 aliphatic heterocycles. The summed E-state index contributed by atoms with van der Waals surface area (Å²) in [6.45, 7) is 4.82. The van der Waals surface area contributed by atoms with Crippen LogP contribution in [-0.4, -0.2) is 73.5 Å². The molecule has 0 saturated carbocycles. The number of nitrogens with one attached hydrogen (secondary N) is 2. The molecule has 0 aromatic heterocycles. The lowest BCUT2D eigenvalue weighted by atomic mass is 9.86. The third-order valence-electron chi connectivity index (χ3n) is 7.18. The molecule has 1 saturated heterocycles. The summed E-state index contributed by atoms with van der Waals surface area (Å²) in [5.41, 5.74) is -0.691. The molecule has 2 aromatic rings. The summed E-state index contributed by atoms with van der Waals surface area (Å²) < 4.78 is 41.0. The first-order valence-corrected chi connectivity index (χ1v) is 13.6. The summed E-state index contributed by atoms with van der Waals surface area (Å²) >= 11 is 0. The number of alkyl halides is 2. The average molecular weight is 558 g/mol. The molecule has 216 valence electrons. The minimum absolute atomic E-state index is 0.00492. The van der Waals surface area contributed by atoms with E-state index in [1.165, 1.54) is 18.0 Å². The van der Waals surface area contributed by atoms with Crippen LogP contribution in [-0.2, 0) is 4.74 Å². The van der Waals surface area contributed by atoms with Crippen LogP contribution >= 0.6 is 0 Å². The Bertz CT molecular complexity index is 1250. The summed E-state index contributed by atoms with van der Waals surface area (Å²) in [5, 5.41) is 5.30. The van der Waals surface area contributed by atoms with Gasteiger partial charge in [0.05, 0.1) is 18.0 Å². The Hall–Kier alpha value is -3.69. The second kappa shape index (κ2) is 11.8. The predicted molar refractivity (Wildman–Crippen MR) is 146 cm³/mol. The number of hydrogen-bond acceptors (Lipinski definition) is 5. The van der Waals surface area contributed by atoms with Crippen molar-refractivity contribution in [1.82, 2.24) is 15.5 Å². The van der Waals surface area contributed by atoms with Gasteiger partial charge in [0.25, 0.3) is 11.8 Å². The van der Waals surface area contributed by atoms with Crippen molar-refractivity contribution < 1.29 is 32.6 Å². The molecule has 0 bridgehead atoms. The van der Waals surface area contributed by atoms with Crippen LogP contribution in [0.15, 0.2) is 42.5 Å². The first kappa shape index (κ1) is 29.3. The van der Waals surface area contributed by atoms with Gasteiger partial charge in [0.2, 0.25) is 0 Å². The second-order valence-corrected chi connectivity index (χ2v) is 11.4. The third kappa shape index (κ3) is 6.54. The molecule has 2 heterocycles. The van der Waals surface area contributed by atoms with E-state index in [0.29, 0.717) is 18.5 Å². The van der Waals surface area contributed by atoms with Gasteiger partial charge in [0, 0.05) is 37.7 Å². The van der Waals surface area contributed by atoms with Crippen LogP contribution in [0, 0.1) is 0 Å². The quantitative estimate of drug-likeness (QED) is 0.512. The molecule has 3 atom stereocenters. The van der Waals surface area contributed by atoms with E-state index in [4.69, 9.17) is 9.47 Å². The number of benzene rings is 2. The standard InChI is InChI=1S/C30H37F2N3O5/c1-29(2,3)40-28(38)35-14-8-11-30(32,18-35)12-13-34-26(36)20-15-21-24(19-9-6-5-7-10-19)23(17-31)39-25(21)22(16-20)27(37)33-4/h5-7,9-10,15-16,23-24H,8,11-14,17-18H2,1-4H3,(H,33,37)(H,34,36)/t23-,24+,30-/m1/s1. The maximum Gasteiger partial charge on any atom is 0.410 e. The maximum atomic E-state index is 15.7. The predicted octanol–water partition coefficient (Wildman–Crippen LogP) is 4.77. The Morgan fingerprint density at radius 2 is 1.88 bits per heavy atom. The molecule has 4 rings (SSSR count). The van der Waals surface area contributed by atoms with Gasteiger partial charge in [-0.3, -0.25) is 9.59 Å². The first-order chi connectivity index (χ1) is 18.9. The van der Waals surface area contributed by atoms with Crippen LogP contribution in [0.25, 0.3) is 0 Å². The highest BCUT2D eigenvalue weighted by molar-refractivity contribution is 6.02. The smallest absolute Gasteiger partial charge is 0.410 e. The molecule has 2 aliphatic rings. The molecule has 40 heavy (non-hydrogen) atoms. The number of rotatable bonds is 7. The third-order valence-corrected chi connectivity index (χ3v) is 7.18. The number of nitrogens with zero attached hydrogens (tertiary/aromatic N) is 1. The van der Waals surface area contributed by atoms with Crippen LogP contribution in [0.1, 0.15) is 77.8 Å². The van der Waals surface area contributed by atoms with Gasteiger partial charge >= 0.3 is 6.09 Å². The SMILES string of the molecule is CNC(=O)c1cc(C(=O)NCC[C@]2(F)CCCN(C(=O)OC(C)(C)C)C2)cc2c1O[C@H](CF)[C@H]2c1ccccc1. The number of ether oxygens (including phenoxy) is 2. The Morgan fingerprint density at radius 3 is 2.52 bits per heavy atom. The molecule has 0 aliphatic carbocycles. The summed E-state index contributed by atoms with van der Waals surface area (Å²) in [6, 6.07) is 12.2. The van der Waals surface area contributed by atoms with E-state index in [0.717, 1.165) is 5.56 Å². The number of likely N-dealkylation sites (tertiary alicyclic amines) is 1. The molecule has 0 unspecified atom stereocenters. The van der Waals surface area contributed by atoms with Crippen molar-refractivity contribution >= 4 is 17.9 Å². The lowest BCUT2D eigenvalue weighted by Gasteiger charge is -2.38. The molecule has 10 heteroatoms. The fourth-order valence-corrected chi connectivity index (χ4v) is 5.32. The number of hydrogen-bond donors (Lipinski definition) is 2.